The Balaban J connectivity index is 2.11. The Bertz CT molecular complexity index is 544. The van der Waals surface area contributed by atoms with Crippen LogP contribution in [0.15, 0.2) is 12.1 Å². The zero-order valence-corrected chi connectivity index (χ0v) is 12.0. The second kappa shape index (κ2) is 5.11. The Hall–Kier alpha value is -0.720. The predicted octanol–water partition coefficient (Wildman–Crippen LogP) is 1.83. The summed E-state index contributed by atoms with van der Waals surface area (Å²) in [4.78, 5) is 13.5. The van der Waals surface area contributed by atoms with Gasteiger partial charge in [-0.05, 0) is 32.4 Å². The van der Waals surface area contributed by atoms with Crippen molar-refractivity contribution in [1.29, 1.82) is 0 Å². The molecule has 1 aliphatic rings. The summed E-state index contributed by atoms with van der Waals surface area (Å²) in [5.41, 5.74) is 0. The lowest BCUT2D eigenvalue weighted by atomic mass is 10.3. The van der Waals surface area contributed by atoms with Gasteiger partial charge in [0.25, 0.3) is 0 Å². The van der Waals surface area contributed by atoms with E-state index in [0.717, 1.165) is 4.88 Å². The third kappa shape index (κ3) is 2.81. The molecular weight excluding hydrogens is 272 g/mol. The molecule has 6 heteroatoms. The van der Waals surface area contributed by atoms with Gasteiger partial charge in [0.1, 0.15) is 5.75 Å². The van der Waals surface area contributed by atoms with Crippen LogP contribution in [0.4, 0.5) is 0 Å². The lowest BCUT2D eigenvalue weighted by Crippen LogP contribution is -2.32. The zero-order chi connectivity index (χ0) is 13.3. The molecule has 0 aromatic carbocycles. The second-order valence-electron chi connectivity index (χ2n) is 4.54. The van der Waals surface area contributed by atoms with Crippen LogP contribution in [0.1, 0.15) is 27.9 Å². The van der Waals surface area contributed by atoms with Crippen molar-refractivity contribution in [3.05, 3.63) is 21.9 Å². The number of aryl methyl sites for hydroxylation is 1. The highest BCUT2D eigenvalue weighted by atomic mass is 32.2. The molecule has 2 heterocycles. The maximum absolute atomic E-state index is 12.1. The summed E-state index contributed by atoms with van der Waals surface area (Å²) >= 11 is 1.33. The summed E-state index contributed by atoms with van der Waals surface area (Å²) < 4.78 is 29.5. The summed E-state index contributed by atoms with van der Waals surface area (Å²) in [7, 11) is -3.42. The number of carbonyl (C=O) groups is 1. The minimum Gasteiger partial charge on any atom is -0.377 e. The normalized spacial score (nSPS) is 24.3. The molecule has 0 bridgehead atoms. The van der Waals surface area contributed by atoms with Crippen molar-refractivity contribution in [1.82, 2.24) is 0 Å². The van der Waals surface area contributed by atoms with Gasteiger partial charge in [-0.15, -0.1) is 11.3 Å². The number of ether oxygens (including phenoxy) is 1. The van der Waals surface area contributed by atoms with Crippen molar-refractivity contribution in [2.24, 2.45) is 0 Å². The highest BCUT2D eigenvalue weighted by Gasteiger charge is 2.37. The summed E-state index contributed by atoms with van der Waals surface area (Å²) in [5, 5.41) is -0.539. The first-order chi connectivity index (χ1) is 8.40. The molecule has 2 unspecified atom stereocenters. The fourth-order valence-electron chi connectivity index (χ4n) is 2.13. The van der Waals surface area contributed by atoms with Gasteiger partial charge in [0.15, 0.2) is 15.6 Å². The number of sulfone groups is 1. The Labute approximate surface area is 111 Å². The summed E-state index contributed by atoms with van der Waals surface area (Å²) in [6, 6.07) is 3.51. The SMILES string of the molecule is Cc1ccc(C(=O)CS(=O)(=O)C2CCOC2C)s1. The van der Waals surface area contributed by atoms with Crippen LogP contribution in [0.5, 0.6) is 0 Å². The molecule has 18 heavy (non-hydrogen) atoms. The predicted molar refractivity (Wildman–Crippen MR) is 71.0 cm³/mol. The smallest absolute Gasteiger partial charge is 0.187 e. The Morgan fingerprint density at radius 1 is 1.50 bits per heavy atom. The molecule has 1 fully saturated rings. The molecule has 0 aliphatic carbocycles. The van der Waals surface area contributed by atoms with Crippen molar-refractivity contribution in [3.63, 3.8) is 0 Å². The van der Waals surface area contributed by atoms with Gasteiger partial charge in [0.05, 0.1) is 16.2 Å². The standard InChI is InChI=1S/C12H16O4S2/c1-8-3-4-11(17-8)10(13)7-18(14,15)12-5-6-16-9(12)2/h3-4,9,12H,5-7H2,1-2H3. The van der Waals surface area contributed by atoms with E-state index in [-0.39, 0.29) is 11.9 Å². The number of carbonyl (C=O) groups excluding carboxylic acids is 1. The van der Waals surface area contributed by atoms with E-state index < -0.39 is 20.8 Å². The van der Waals surface area contributed by atoms with Gasteiger partial charge >= 0.3 is 0 Å². The van der Waals surface area contributed by atoms with Gasteiger partial charge in [-0.25, -0.2) is 8.42 Å². The van der Waals surface area contributed by atoms with E-state index >= 15 is 0 Å². The number of thiophene rings is 1. The molecule has 1 aromatic rings. The van der Waals surface area contributed by atoms with Crippen molar-refractivity contribution in [3.8, 4) is 0 Å². The number of rotatable bonds is 4. The number of ketones is 1. The average molecular weight is 288 g/mol. The fourth-order valence-corrected chi connectivity index (χ4v) is 4.88. The van der Waals surface area contributed by atoms with Gasteiger partial charge in [-0.1, -0.05) is 0 Å². The van der Waals surface area contributed by atoms with Crippen LogP contribution in [0.3, 0.4) is 0 Å². The van der Waals surface area contributed by atoms with Gasteiger partial charge in [0.2, 0.25) is 0 Å². The summed E-state index contributed by atoms with van der Waals surface area (Å²) in [6.45, 7) is 4.09. The van der Waals surface area contributed by atoms with E-state index in [1.54, 1.807) is 13.0 Å². The number of hydrogen-bond donors (Lipinski definition) is 0. The first kappa shape index (κ1) is 13.7. The molecule has 1 aliphatic heterocycles. The van der Waals surface area contributed by atoms with Crippen LogP contribution in [-0.4, -0.2) is 37.9 Å². The van der Waals surface area contributed by atoms with Gasteiger partial charge in [-0.3, -0.25) is 4.79 Å². The zero-order valence-electron chi connectivity index (χ0n) is 10.4. The molecule has 0 saturated carbocycles. The van der Waals surface area contributed by atoms with Crippen LogP contribution < -0.4 is 0 Å². The van der Waals surface area contributed by atoms with Crippen LogP contribution in [0, 0.1) is 6.92 Å². The van der Waals surface area contributed by atoms with E-state index in [4.69, 9.17) is 4.74 Å². The maximum Gasteiger partial charge on any atom is 0.187 e. The molecule has 0 amide bonds. The molecule has 0 radical (unpaired) electrons. The highest BCUT2D eigenvalue weighted by molar-refractivity contribution is 7.92. The minimum absolute atomic E-state index is 0.312. The van der Waals surface area contributed by atoms with E-state index in [1.807, 2.05) is 13.0 Å². The van der Waals surface area contributed by atoms with Crippen LogP contribution in [-0.2, 0) is 14.6 Å². The van der Waals surface area contributed by atoms with E-state index in [0.29, 0.717) is 17.9 Å². The second-order valence-corrected chi connectivity index (χ2v) is 8.05. The molecular formula is C12H16O4S2. The van der Waals surface area contributed by atoms with Crippen molar-refractivity contribution in [2.45, 2.75) is 31.6 Å². The third-order valence-corrected chi connectivity index (χ3v) is 6.36. The number of hydrogen-bond acceptors (Lipinski definition) is 5. The third-order valence-electron chi connectivity index (χ3n) is 3.12. The fraction of sp³-hybridized carbons (Fsp3) is 0.583. The Morgan fingerprint density at radius 2 is 2.22 bits per heavy atom. The molecule has 0 N–H and O–H groups in total. The Morgan fingerprint density at radius 3 is 2.72 bits per heavy atom. The van der Waals surface area contributed by atoms with Gasteiger partial charge in [0, 0.05) is 11.5 Å². The van der Waals surface area contributed by atoms with Gasteiger partial charge in [-0.2, -0.15) is 0 Å². The molecule has 100 valence electrons. The summed E-state index contributed by atoms with van der Waals surface area (Å²) in [6.07, 6.45) is 0.174. The lowest BCUT2D eigenvalue weighted by molar-refractivity contribution is 0.102. The van der Waals surface area contributed by atoms with Crippen molar-refractivity contribution < 1.29 is 17.9 Å². The van der Waals surface area contributed by atoms with Crippen molar-refractivity contribution in [2.75, 3.05) is 12.4 Å². The quantitative estimate of drug-likeness (QED) is 0.793. The molecule has 2 rings (SSSR count). The minimum atomic E-state index is -3.42. The first-order valence-electron chi connectivity index (χ1n) is 5.83. The van der Waals surface area contributed by atoms with Gasteiger partial charge < -0.3 is 4.74 Å². The molecule has 4 nitrogen and oxygen atoms in total. The number of Topliss-reactive ketones (excluding diaryl/α,β-unsaturated/α-hetero) is 1. The van der Waals surface area contributed by atoms with Crippen LogP contribution in [0.25, 0.3) is 0 Å². The lowest BCUT2D eigenvalue weighted by Gasteiger charge is -2.13. The van der Waals surface area contributed by atoms with E-state index in [2.05, 4.69) is 0 Å². The average Bonchev–Trinajstić information content (AvgIpc) is 2.86. The van der Waals surface area contributed by atoms with E-state index in [9.17, 15) is 13.2 Å². The largest absolute Gasteiger partial charge is 0.377 e. The monoisotopic (exact) mass is 288 g/mol. The molecule has 1 aromatic heterocycles. The molecule has 1 saturated heterocycles. The Kier molecular flexibility index (Phi) is 3.89. The molecule has 2 atom stereocenters. The summed E-state index contributed by atoms with van der Waals surface area (Å²) in [5.74, 6) is -0.724. The first-order valence-corrected chi connectivity index (χ1v) is 8.36. The molecule has 0 spiro atoms. The van der Waals surface area contributed by atoms with Crippen molar-refractivity contribution >= 4 is 27.0 Å². The highest BCUT2D eigenvalue weighted by Crippen LogP contribution is 2.23. The maximum atomic E-state index is 12.1. The van der Waals surface area contributed by atoms with Crippen LogP contribution in [0.2, 0.25) is 0 Å². The topological polar surface area (TPSA) is 60.4 Å². The van der Waals surface area contributed by atoms with Crippen LogP contribution >= 0.6 is 11.3 Å². The van der Waals surface area contributed by atoms with E-state index in [1.165, 1.54) is 11.3 Å².